The standard InChI is InChI=1S/C16H20N4O/c1-10-6-7-11(21-5)8-12(10)15-18-17-14-9-13(16(2,3)4)19-20(14)15/h6-8H,9H2,1-5H3. The number of aryl methyl sites for hydroxylation is 1. The van der Waals surface area contributed by atoms with Gasteiger partial charge in [-0.05, 0) is 24.6 Å². The van der Waals surface area contributed by atoms with Crippen molar-refractivity contribution in [1.82, 2.24) is 14.9 Å². The molecule has 0 bridgehead atoms. The molecule has 0 fully saturated rings. The molecule has 0 radical (unpaired) electrons. The molecule has 110 valence electrons. The van der Waals surface area contributed by atoms with Crippen molar-refractivity contribution in [3.8, 4) is 17.1 Å². The fraction of sp³-hybridized carbons (Fsp3) is 0.438. The van der Waals surface area contributed by atoms with Crippen molar-refractivity contribution < 1.29 is 4.74 Å². The molecule has 2 heterocycles. The maximum absolute atomic E-state index is 5.31. The van der Waals surface area contributed by atoms with Crippen LogP contribution in [0.1, 0.15) is 32.2 Å². The summed E-state index contributed by atoms with van der Waals surface area (Å²) in [7, 11) is 1.67. The summed E-state index contributed by atoms with van der Waals surface area (Å²) in [6.07, 6.45) is 0.763. The van der Waals surface area contributed by atoms with Gasteiger partial charge in [0.15, 0.2) is 11.6 Å². The first-order chi connectivity index (χ1) is 9.90. The lowest BCUT2D eigenvalue weighted by Gasteiger charge is -2.16. The predicted octanol–water partition coefficient (Wildman–Crippen LogP) is 3.07. The molecule has 0 saturated heterocycles. The highest BCUT2D eigenvalue weighted by atomic mass is 16.5. The Morgan fingerprint density at radius 1 is 1.19 bits per heavy atom. The summed E-state index contributed by atoms with van der Waals surface area (Å²) >= 11 is 0. The fourth-order valence-corrected chi connectivity index (χ4v) is 2.39. The minimum atomic E-state index is 0.0430. The monoisotopic (exact) mass is 284 g/mol. The molecule has 21 heavy (non-hydrogen) atoms. The first-order valence-corrected chi connectivity index (χ1v) is 7.08. The van der Waals surface area contributed by atoms with Gasteiger partial charge in [0.1, 0.15) is 5.75 Å². The second-order valence-corrected chi connectivity index (χ2v) is 6.41. The molecule has 0 saturated carbocycles. The molecule has 5 heteroatoms. The van der Waals surface area contributed by atoms with Gasteiger partial charge in [-0.15, -0.1) is 10.2 Å². The predicted molar refractivity (Wildman–Crippen MR) is 82.7 cm³/mol. The summed E-state index contributed by atoms with van der Waals surface area (Å²) < 4.78 is 7.17. The zero-order valence-electron chi connectivity index (χ0n) is 13.1. The van der Waals surface area contributed by atoms with E-state index in [0.717, 1.165) is 40.7 Å². The van der Waals surface area contributed by atoms with Crippen LogP contribution in [0.25, 0.3) is 11.4 Å². The van der Waals surface area contributed by atoms with Crippen molar-refractivity contribution in [2.75, 3.05) is 7.11 Å². The molecule has 1 aliphatic heterocycles. The lowest BCUT2D eigenvalue weighted by atomic mass is 9.88. The third-order valence-corrected chi connectivity index (χ3v) is 3.80. The number of ether oxygens (including phenoxy) is 1. The first kappa shape index (κ1) is 13.8. The van der Waals surface area contributed by atoms with Crippen LogP contribution in [0, 0.1) is 12.3 Å². The molecule has 0 N–H and O–H groups in total. The van der Waals surface area contributed by atoms with Gasteiger partial charge >= 0.3 is 0 Å². The molecule has 1 aliphatic rings. The summed E-state index contributed by atoms with van der Waals surface area (Å²) in [6, 6.07) is 5.96. The Balaban J connectivity index is 2.10. The number of hydrogen-bond acceptors (Lipinski definition) is 4. The molecular formula is C16H20N4O. The number of hydrogen-bond donors (Lipinski definition) is 0. The van der Waals surface area contributed by atoms with E-state index in [2.05, 4.69) is 37.9 Å². The SMILES string of the molecule is COc1ccc(C)c(-c2nnc3n2N=C(C(C)(C)C)C3)c1. The Morgan fingerprint density at radius 3 is 2.62 bits per heavy atom. The van der Waals surface area contributed by atoms with E-state index in [0.29, 0.717) is 0 Å². The molecule has 1 aromatic heterocycles. The van der Waals surface area contributed by atoms with Crippen LogP contribution >= 0.6 is 0 Å². The number of benzene rings is 1. The molecule has 0 atom stereocenters. The average molecular weight is 284 g/mol. The van der Waals surface area contributed by atoms with Crippen LogP contribution in [-0.2, 0) is 6.42 Å². The van der Waals surface area contributed by atoms with Crippen molar-refractivity contribution in [3.63, 3.8) is 0 Å². The van der Waals surface area contributed by atoms with Gasteiger partial charge in [0.05, 0.1) is 19.2 Å². The van der Waals surface area contributed by atoms with Gasteiger partial charge in [-0.1, -0.05) is 26.8 Å². The average Bonchev–Trinajstić information content (AvgIpc) is 2.99. The summed E-state index contributed by atoms with van der Waals surface area (Å²) in [4.78, 5) is 0. The minimum absolute atomic E-state index is 0.0430. The van der Waals surface area contributed by atoms with Crippen LogP contribution in [0.15, 0.2) is 23.3 Å². The van der Waals surface area contributed by atoms with Crippen molar-refractivity contribution >= 4 is 5.71 Å². The van der Waals surface area contributed by atoms with E-state index in [1.165, 1.54) is 0 Å². The number of nitrogens with zero attached hydrogens (tertiary/aromatic N) is 4. The van der Waals surface area contributed by atoms with E-state index in [4.69, 9.17) is 9.84 Å². The van der Waals surface area contributed by atoms with E-state index in [1.54, 1.807) is 7.11 Å². The smallest absolute Gasteiger partial charge is 0.185 e. The summed E-state index contributed by atoms with van der Waals surface area (Å²) in [6.45, 7) is 8.56. The van der Waals surface area contributed by atoms with Gasteiger partial charge in [-0.25, -0.2) is 0 Å². The van der Waals surface area contributed by atoms with Crippen molar-refractivity contribution in [1.29, 1.82) is 0 Å². The van der Waals surface area contributed by atoms with Crippen LogP contribution < -0.4 is 4.74 Å². The maximum Gasteiger partial charge on any atom is 0.185 e. The Kier molecular flexibility index (Phi) is 3.08. The number of methoxy groups -OCH3 is 1. The molecule has 0 amide bonds. The largest absolute Gasteiger partial charge is 0.497 e. The van der Waals surface area contributed by atoms with E-state index >= 15 is 0 Å². The molecule has 0 unspecified atom stereocenters. The quantitative estimate of drug-likeness (QED) is 0.851. The van der Waals surface area contributed by atoms with Gasteiger partial charge in [0.2, 0.25) is 0 Å². The zero-order valence-corrected chi connectivity index (χ0v) is 13.1. The summed E-state index contributed by atoms with van der Waals surface area (Å²) in [5.74, 6) is 2.49. The Bertz CT molecular complexity index is 722. The molecule has 5 nitrogen and oxygen atoms in total. The number of fused-ring (bicyclic) bond motifs is 1. The zero-order chi connectivity index (χ0) is 15.2. The fourth-order valence-electron chi connectivity index (χ4n) is 2.39. The second kappa shape index (κ2) is 4.69. The highest BCUT2D eigenvalue weighted by Gasteiger charge is 2.29. The van der Waals surface area contributed by atoms with Gasteiger partial charge in [-0.2, -0.15) is 9.78 Å². The maximum atomic E-state index is 5.31. The van der Waals surface area contributed by atoms with Gasteiger partial charge in [0, 0.05) is 11.0 Å². The lowest BCUT2D eigenvalue weighted by Crippen LogP contribution is -2.20. The minimum Gasteiger partial charge on any atom is -0.497 e. The highest BCUT2D eigenvalue weighted by molar-refractivity contribution is 5.92. The Hall–Kier alpha value is -2.17. The van der Waals surface area contributed by atoms with E-state index in [1.807, 2.05) is 22.9 Å². The molecule has 1 aromatic carbocycles. The van der Waals surface area contributed by atoms with Gasteiger partial charge < -0.3 is 4.74 Å². The van der Waals surface area contributed by atoms with Crippen molar-refractivity contribution in [2.24, 2.45) is 10.5 Å². The third-order valence-electron chi connectivity index (χ3n) is 3.80. The van der Waals surface area contributed by atoms with E-state index in [9.17, 15) is 0 Å². The number of aromatic nitrogens is 3. The molecule has 2 aromatic rings. The van der Waals surface area contributed by atoms with Crippen LogP contribution in [0.5, 0.6) is 5.75 Å². The highest BCUT2D eigenvalue weighted by Crippen LogP contribution is 2.30. The van der Waals surface area contributed by atoms with Crippen molar-refractivity contribution in [3.05, 3.63) is 29.6 Å². The lowest BCUT2D eigenvalue weighted by molar-refractivity contribution is 0.415. The van der Waals surface area contributed by atoms with E-state index < -0.39 is 0 Å². The summed E-state index contributed by atoms with van der Waals surface area (Å²) in [5.41, 5.74) is 3.31. The topological polar surface area (TPSA) is 52.3 Å². The van der Waals surface area contributed by atoms with Crippen molar-refractivity contribution in [2.45, 2.75) is 34.1 Å². The normalized spacial score (nSPS) is 14.0. The molecular weight excluding hydrogens is 264 g/mol. The van der Waals surface area contributed by atoms with Gasteiger partial charge in [0.25, 0.3) is 0 Å². The number of rotatable bonds is 2. The Labute approximate surface area is 124 Å². The first-order valence-electron chi connectivity index (χ1n) is 7.08. The second-order valence-electron chi connectivity index (χ2n) is 6.41. The van der Waals surface area contributed by atoms with E-state index in [-0.39, 0.29) is 5.41 Å². The van der Waals surface area contributed by atoms with Crippen LogP contribution in [0.2, 0.25) is 0 Å². The van der Waals surface area contributed by atoms with Gasteiger partial charge in [-0.3, -0.25) is 0 Å². The van der Waals surface area contributed by atoms with Crippen LogP contribution in [0.3, 0.4) is 0 Å². The molecule has 0 spiro atoms. The molecule has 3 rings (SSSR count). The summed E-state index contributed by atoms with van der Waals surface area (Å²) in [5, 5.41) is 13.3. The third kappa shape index (κ3) is 2.33. The molecule has 0 aliphatic carbocycles. The Morgan fingerprint density at radius 2 is 1.95 bits per heavy atom. The van der Waals surface area contributed by atoms with Crippen LogP contribution in [-0.4, -0.2) is 27.7 Å². The van der Waals surface area contributed by atoms with Crippen LogP contribution in [0.4, 0.5) is 0 Å².